The van der Waals surface area contributed by atoms with Crippen molar-refractivity contribution in [2.45, 2.75) is 19.0 Å². The van der Waals surface area contributed by atoms with Gasteiger partial charge >= 0.3 is 6.18 Å². The summed E-state index contributed by atoms with van der Waals surface area (Å²) in [7, 11) is 0. The van der Waals surface area contributed by atoms with E-state index in [1.54, 1.807) is 6.07 Å². The summed E-state index contributed by atoms with van der Waals surface area (Å²) in [5, 5.41) is 10.7. The van der Waals surface area contributed by atoms with Gasteiger partial charge in [-0.25, -0.2) is 4.39 Å². The Labute approximate surface area is 156 Å². The Morgan fingerprint density at radius 3 is 2.32 bits per heavy atom. The van der Waals surface area contributed by atoms with E-state index in [1.807, 2.05) is 4.90 Å². The average molecular weight is 393 g/mol. The fourth-order valence-corrected chi connectivity index (χ4v) is 3.35. The maximum absolute atomic E-state index is 13.0. The first kappa shape index (κ1) is 18.3. The number of anilines is 1. The van der Waals surface area contributed by atoms with Crippen molar-refractivity contribution >= 4 is 17.2 Å². The van der Waals surface area contributed by atoms with Crippen LogP contribution in [0, 0.1) is 11.7 Å². The van der Waals surface area contributed by atoms with Gasteiger partial charge in [0.15, 0.2) is 11.4 Å². The lowest BCUT2D eigenvalue weighted by molar-refractivity contribution is -0.146. The Kier molecular flexibility index (Phi) is 4.48. The summed E-state index contributed by atoms with van der Waals surface area (Å²) in [5.74, 6) is -1.48. The lowest BCUT2D eigenvalue weighted by atomic mass is 9.89. The zero-order valence-electron chi connectivity index (χ0n) is 14.5. The molecule has 0 N–H and O–H groups in total. The van der Waals surface area contributed by atoms with Crippen LogP contribution in [0.3, 0.4) is 0 Å². The number of fused-ring (bicyclic) bond motifs is 1. The fraction of sp³-hybridized carbons (Fsp3) is 0.333. The maximum Gasteiger partial charge on any atom is 0.453 e. The van der Waals surface area contributed by atoms with Gasteiger partial charge in [-0.1, -0.05) is 0 Å². The average Bonchev–Trinajstić information content (AvgIpc) is 3.12. The first-order chi connectivity index (χ1) is 13.3. The first-order valence-corrected chi connectivity index (χ1v) is 8.67. The number of piperidine rings is 1. The van der Waals surface area contributed by atoms with Gasteiger partial charge in [0.1, 0.15) is 11.6 Å². The molecule has 0 amide bonds. The van der Waals surface area contributed by atoms with Crippen molar-refractivity contribution < 1.29 is 22.4 Å². The first-order valence-electron chi connectivity index (χ1n) is 8.67. The summed E-state index contributed by atoms with van der Waals surface area (Å²) >= 11 is 0. The molecule has 1 aliphatic heterocycles. The minimum atomic E-state index is -4.65. The van der Waals surface area contributed by atoms with Crippen LogP contribution in [0.2, 0.25) is 0 Å². The molecule has 146 valence electrons. The number of rotatable bonds is 3. The second-order valence-corrected chi connectivity index (χ2v) is 6.62. The zero-order valence-corrected chi connectivity index (χ0v) is 14.5. The number of nitrogens with zero attached hydrogens (tertiary/aromatic N) is 5. The highest BCUT2D eigenvalue weighted by atomic mass is 19.4. The Bertz CT molecular complexity index is 1010. The molecule has 0 radical (unpaired) electrons. The summed E-state index contributed by atoms with van der Waals surface area (Å²) < 4.78 is 52.7. The van der Waals surface area contributed by atoms with Gasteiger partial charge in [-0.3, -0.25) is 4.79 Å². The highest BCUT2D eigenvalue weighted by molar-refractivity contribution is 5.97. The van der Waals surface area contributed by atoms with E-state index in [0.717, 1.165) is 0 Å². The third-order valence-electron chi connectivity index (χ3n) is 4.82. The number of carbonyl (C=O) groups excluding carboxylic acids is 1. The smallest absolute Gasteiger partial charge is 0.355 e. The summed E-state index contributed by atoms with van der Waals surface area (Å²) in [6.07, 6.45) is -3.59. The quantitative estimate of drug-likeness (QED) is 0.504. The van der Waals surface area contributed by atoms with Crippen LogP contribution >= 0.6 is 0 Å². The Balaban J connectivity index is 1.49. The molecule has 1 aliphatic rings. The molecule has 0 aliphatic carbocycles. The van der Waals surface area contributed by atoms with Crippen molar-refractivity contribution in [1.29, 1.82) is 0 Å². The predicted octanol–water partition coefficient (Wildman–Crippen LogP) is 3.38. The van der Waals surface area contributed by atoms with E-state index in [9.17, 15) is 22.4 Å². The van der Waals surface area contributed by atoms with Gasteiger partial charge < -0.3 is 4.90 Å². The van der Waals surface area contributed by atoms with Gasteiger partial charge in [-0.05, 0) is 49.2 Å². The molecule has 1 saturated heterocycles. The van der Waals surface area contributed by atoms with Crippen LogP contribution in [-0.4, -0.2) is 38.7 Å². The number of alkyl halides is 3. The number of halogens is 4. The Hall–Kier alpha value is -3.04. The molecule has 10 heteroatoms. The van der Waals surface area contributed by atoms with E-state index in [-0.39, 0.29) is 17.3 Å². The van der Waals surface area contributed by atoms with Crippen LogP contribution in [0.1, 0.15) is 29.0 Å². The van der Waals surface area contributed by atoms with E-state index in [4.69, 9.17) is 0 Å². The second-order valence-electron chi connectivity index (χ2n) is 6.62. The molecule has 3 aromatic rings. The van der Waals surface area contributed by atoms with Crippen LogP contribution in [0.25, 0.3) is 5.65 Å². The van der Waals surface area contributed by atoms with Crippen LogP contribution in [-0.2, 0) is 6.18 Å². The predicted molar refractivity (Wildman–Crippen MR) is 91.5 cm³/mol. The normalized spacial score (nSPS) is 15.9. The van der Waals surface area contributed by atoms with Crippen molar-refractivity contribution in [3.05, 3.63) is 53.6 Å². The van der Waals surface area contributed by atoms with Crippen molar-refractivity contribution in [2.24, 2.45) is 5.92 Å². The van der Waals surface area contributed by atoms with Crippen molar-refractivity contribution in [1.82, 2.24) is 19.8 Å². The van der Waals surface area contributed by atoms with E-state index >= 15 is 0 Å². The molecule has 3 heterocycles. The molecule has 4 rings (SSSR count). The van der Waals surface area contributed by atoms with Crippen molar-refractivity contribution in [3.8, 4) is 0 Å². The second kappa shape index (κ2) is 6.84. The molecule has 0 unspecified atom stereocenters. The van der Waals surface area contributed by atoms with Crippen molar-refractivity contribution in [2.75, 3.05) is 18.0 Å². The minimum Gasteiger partial charge on any atom is -0.355 e. The minimum absolute atomic E-state index is 0.0115. The number of hydrogen-bond donors (Lipinski definition) is 0. The van der Waals surface area contributed by atoms with Gasteiger partial charge in [0.05, 0.1) is 0 Å². The summed E-state index contributed by atoms with van der Waals surface area (Å²) in [6.45, 7) is 0.944. The molecule has 2 aromatic heterocycles. The molecule has 28 heavy (non-hydrogen) atoms. The van der Waals surface area contributed by atoms with E-state index < -0.39 is 17.8 Å². The number of Topliss-reactive ketones (excluding diaryl/α,β-unsaturated/α-hetero) is 1. The summed E-state index contributed by atoms with van der Waals surface area (Å²) in [5.41, 5.74) is 0.469. The van der Waals surface area contributed by atoms with Gasteiger partial charge in [0.2, 0.25) is 0 Å². The third-order valence-corrected chi connectivity index (χ3v) is 4.82. The van der Waals surface area contributed by atoms with Crippen LogP contribution in [0.5, 0.6) is 0 Å². The number of hydrogen-bond acceptors (Lipinski definition) is 5. The van der Waals surface area contributed by atoms with Gasteiger partial charge in [-0.2, -0.15) is 17.7 Å². The van der Waals surface area contributed by atoms with Gasteiger partial charge in [-0.15, -0.1) is 15.3 Å². The molecule has 1 aromatic carbocycles. The van der Waals surface area contributed by atoms with E-state index in [1.165, 1.54) is 30.3 Å². The molecule has 0 atom stereocenters. The SMILES string of the molecule is O=C(c1ccc(F)cc1)C1CCN(c2ccc3nnc(C(F)(F)F)n3n2)CC1. The Morgan fingerprint density at radius 1 is 1.00 bits per heavy atom. The zero-order chi connectivity index (χ0) is 19.9. The highest BCUT2D eigenvalue weighted by Crippen LogP contribution is 2.29. The summed E-state index contributed by atoms with van der Waals surface area (Å²) in [6, 6.07) is 8.44. The van der Waals surface area contributed by atoms with E-state index in [2.05, 4.69) is 15.3 Å². The number of carbonyl (C=O) groups is 1. The number of benzene rings is 1. The molecule has 1 fully saturated rings. The molecular formula is C18H15F4N5O. The lowest BCUT2D eigenvalue weighted by Gasteiger charge is -2.32. The van der Waals surface area contributed by atoms with Crippen LogP contribution < -0.4 is 4.90 Å². The molecule has 0 bridgehead atoms. The van der Waals surface area contributed by atoms with Crippen molar-refractivity contribution in [3.63, 3.8) is 0 Å². The van der Waals surface area contributed by atoms with E-state index in [0.29, 0.717) is 41.8 Å². The largest absolute Gasteiger partial charge is 0.453 e. The number of aromatic nitrogens is 4. The van der Waals surface area contributed by atoms with Gasteiger partial charge in [0, 0.05) is 24.6 Å². The van der Waals surface area contributed by atoms with Crippen LogP contribution in [0.15, 0.2) is 36.4 Å². The van der Waals surface area contributed by atoms with Crippen LogP contribution in [0.4, 0.5) is 23.4 Å². The fourth-order valence-electron chi connectivity index (χ4n) is 3.35. The summed E-state index contributed by atoms with van der Waals surface area (Å²) in [4.78, 5) is 14.4. The monoisotopic (exact) mass is 393 g/mol. The molecular weight excluding hydrogens is 378 g/mol. The lowest BCUT2D eigenvalue weighted by Crippen LogP contribution is -2.37. The molecule has 0 saturated carbocycles. The van der Waals surface area contributed by atoms with Gasteiger partial charge in [0.25, 0.3) is 5.82 Å². The molecule has 6 nitrogen and oxygen atoms in total. The standard InChI is InChI=1S/C18H15F4N5O/c19-13-3-1-11(2-4-13)16(28)12-7-9-26(10-8-12)15-6-5-14-23-24-17(18(20,21)22)27(14)25-15/h1-6,12H,7-10H2. The topological polar surface area (TPSA) is 63.4 Å². The number of ketones is 1. The highest BCUT2D eigenvalue weighted by Gasteiger charge is 2.38. The molecule has 0 spiro atoms. The Morgan fingerprint density at radius 2 is 1.68 bits per heavy atom. The third kappa shape index (κ3) is 3.41. The maximum atomic E-state index is 13.0.